The lowest BCUT2D eigenvalue weighted by Gasteiger charge is -2.42. The molecule has 1 rings (SSSR count). The molecular formula is C14H29B. The zero-order chi connectivity index (χ0) is 11.7. The molecule has 1 atom stereocenters. The lowest BCUT2D eigenvalue weighted by Crippen LogP contribution is -2.31. The number of rotatable bonds is 1. The molecule has 1 fully saturated rings. The van der Waals surface area contributed by atoms with Gasteiger partial charge in [-0.2, -0.15) is 0 Å². The normalized spacial score (nSPS) is 35.1. The Hall–Kier alpha value is 0.0649. The van der Waals surface area contributed by atoms with Crippen LogP contribution in [0.3, 0.4) is 0 Å². The molecule has 0 aromatic rings. The van der Waals surface area contributed by atoms with E-state index < -0.39 is 0 Å². The molecule has 0 bridgehead atoms. The van der Waals surface area contributed by atoms with Crippen LogP contribution in [0.1, 0.15) is 73.6 Å². The largest absolute Gasteiger partial charge is 0.134 e. The van der Waals surface area contributed by atoms with Gasteiger partial charge in [0.2, 0.25) is 0 Å². The summed E-state index contributed by atoms with van der Waals surface area (Å²) < 4.78 is 0. The Morgan fingerprint density at radius 1 is 0.867 bits per heavy atom. The monoisotopic (exact) mass is 208 g/mol. The maximum absolute atomic E-state index is 2.50. The van der Waals surface area contributed by atoms with Gasteiger partial charge in [-0.25, -0.2) is 0 Å². The van der Waals surface area contributed by atoms with Gasteiger partial charge in [0.15, 0.2) is 0 Å². The number of hydrogen-bond acceptors (Lipinski definition) is 0. The summed E-state index contributed by atoms with van der Waals surface area (Å²) in [6, 6.07) is 0. The zero-order valence-electron chi connectivity index (χ0n) is 11.7. The highest BCUT2D eigenvalue weighted by Crippen LogP contribution is 2.50. The molecule has 0 radical (unpaired) electrons. The van der Waals surface area contributed by atoms with Crippen molar-refractivity contribution in [1.29, 1.82) is 0 Å². The minimum absolute atomic E-state index is 0.544. The molecule has 15 heavy (non-hydrogen) atoms. The first kappa shape index (κ1) is 13.1. The van der Waals surface area contributed by atoms with Crippen molar-refractivity contribution in [2.75, 3.05) is 0 Å². The molecule has 1 saturated heterocycles. The smallest absolute Gasteiger partial charge is 0.0668 e. The molecule has 1 heterocycles. The second-order valence-electron chi connectivity index (χ2n) is 7.67. The van der Waals surface area contributed by atoms with Crippen LogP contribution in [0, 0.1) is 5.41 Å². The van der Waals surface area contributed by atoms with Gasteiger partial charge in [0, 0.05) is 0 Å². The van der Waals surface area contributed by atoms with Crippen LogP contribution in [0.2, 0.25) is 10.6 Å². The third kappa shape index (κ3) is 3.85. The third-order valence-corrected chi connectivity index (χ3v) is 4.64. The third-order valence-electron chi connectivity index (χ3n) is 4.64. The van der Waals surface area contributed by atoms with E-state index in [0.29, 0.717) is 16.0 Å². The van der Waals surface area contributed by atoms with E-state index in [-0.39, 0.29) is 0 Å². The minimum atomic E-state index is 0.544. The first-order valence-corrected chi connectivity index (χ1v) is 6.68. The van der Waals surface area contributed by atoms with Crippen LogP contribution in [-0.4, -0.2) is 7.28 Å². The molecule has 0 aromatic heterocycles. The van der Waals surface area contributed by atoms with E-state index in [2.05, 4.69) is 41.5 Å². The number of hydrogen-bond donors (Lipinski definition) is 0. The Labute approximate surface area is 97.5 Å². The van der Waals surface area contributed by atoms with Crippen LogP contribution < -0.4 is 0 Å². The standard InChI is InChI=1S/C14H29B/c1-7-14(6)11-9-12(2,3)8-10-13(4,5)15-14/h15H,7-11H2,1-6H3. The minimum Gasteiger partial charge on any atom is -0.0668 e. The summed E-state index contributed by atoms with van der Waals surface area (Å²) in [5, 5.41) is 1.13. The van der Waals surface area contributed by atoms with E-state index in [9.17, 15) is 0 Å². The molecule has 1 aliphatic heterocycles. The predicted octanol–water partition coefficient (Wildman–Crippen LogP) is 4.81. The summed E-state index contributed by atoms with van der Waals surface area (Å²) >= 11 is 0. The first-order chi connectivity index (χ1) is 6.68. The van der Waals surface area contributed by atoms with E-state index in [1.54, 1.807) is 0 Å². The fourth-order valence-electron chi connectivity index (χ4n) is 3.08. The predicted molar refractivity (Wildman–Crippen MR) is 72.1 cm³/mol. The summed E-state index contributed by atoms with van der Waals surface area (Å²) in [4.78, 5) is 0. The highest BCUT2D eigenvalue weighted by molar-refractivity contribution is 6.43. The van der Waals surface area contributed by atoms with Gasteiger partial charge in [-0.05, 0) is 18.3 Å². The highest BCUT2D eigenvalue weighted by atomic mass is 14.3. The second-order valence-corrected chi connectivity index (χ2v) is 7.67. The van der Waals surface area contributed by atoms with Gasteiger partial charge in [0.1, 0.15) is 7.28 Å². The molecule has 0 aliphatic carbocycles. The van der Waals surface area contributed by atoms with E-state index in [1.165, 1.54) is 39.4 Å². The molecule has 0 aromatic carbocycles. The van der Waals surface area contributed by atoms with Crippen molar-refractivity contribution in [1.82, 2.24) is 0 Å². The van der Waals surface area contributed by atoms with E-state index >= 15 is 0 Å². The second kappa shape index (κ2) is 4.15. The average Bonchev–Trinajstić information content (AvgIpc) is 2.11. The van der Waals surface area contributed by atoms with Crippen molar-refractivity contribution in [3.63, 3.8) is 0 Å². The van der Waals surface area contributed by atoms with Gasteiger partial charge in [-0.1, -0.05) is 71.4 Å². The molecule has 0 N–H and O–H groups in total. The summed E-state index contributed by atoms with van der Waals surface area (Å²) in [6.07, 6.45) is 6.97. The fourth-order valence-corrected chi connectivity index (χ4v) is 3.08. The molecule has 0 saturated carbocycles. The summed E-state index contributed by atoms with van der Waals surface area (Å²) in [6.45, 7) is 14.7. The summed E-state index contributed by atoms with van der Waals surface area (Å²) in [7, 11) is 1.41. The van der Waals surface area contributed by atoms with Crippen molar-refractivity contribution in [2.24, 2.45) is 5.41 Å². The topological polar surface area (TPSA) is 0 Å². The quantitative estimate of drug-likeness (QED) is 0.542. The van der Waals surface area contributed by atoms with Crippen molar-refractivity contribution in [3.8, 4) is 0 Å². The highest BCUT2D eigenvalue weighted by Gasteiger charge is 2.37. The van der Waals surface area contributed by atoms with Crippen LogP contribution in [0.4, 0.5) is 0 Å². The van der Waals surface area contributed by atoms with Gasteiger partial charge in [-0.3, -0.25) is 0 Å². The van der Waals surface area contributed by atoms with Crippen LogP contribution >= 0.6 is 0 Å². The van der Waals surface area contributed by atoms with E-state index in [4.69, 9.17) is 0 Å². The molecule has 1 unspecified atom stereocenters. The Morgan fingerprint density at radius 3 is 1.93 bits per heavy atom. The van der Waals surface area contributed by atoms with Gasteiger partial charge in [-0.15, -0.1) is 0 Å². The van der Waals surface area contributed by atoms with Crippen LogP contribution in [0.15, 0.2) is 0 Å². The van der Waals surface area contributed by atoms with Gasteiger partial charge in [0.25, 0.3) is 0 Å². The maximum atomic E-state index is 2.50. The van der Waals surface area contributed by atoms with E-state index in [1.807, 2.05) is 0 Å². The van der Waals surface area contributed by atoms with Crippen molar-refractivity contribution in [2.45, 2.75) is 84.3 Å². The molecular weight excluding hydrogens is 179 g/mol. The Morgan fingerprint density at radius 2 is 1.40 bits per heavy atom. The molecule has 1 heteroatoms. The molecule has 0 amide bonds. The maximum Gasteiger partial charge on any atom is 0.134 e. The summed E-state index contributed by atoms with van der Waals surface area (Å²) in [5.41, 5.74) is 0.564. The molecule has 1 aliphatic rings. The first-order valence-electron chi connectivity index (χ1n) is 6.68. The Kier molecular flexibility index (Phi) is 3.63. The van der Waals surface area contributed by atoms with Crippen LogP contribution in [0.25, 0.3) is 0 Å². The summed E-state index contributed by atoms with van der Waals surface area (Å²) in [5.74, 6) is 0. The van der Waals surface area contributed by atoms with Crippen LogP contribution in [0.5, 0.6) is 0 Å². The zero-order valence-corrected chi connectivity index (χ0v) is 11.7. The average molecular weight is 208 g/mol. The SMILES string of the molecule is CCC1(C)BC(C)(C)CCC(C)(C)CC1. The van der Waals surface area contributed by atoms with Crippen molar-refractivity contribution >= 4 is 7.28 Å². The molecule has 0 spiro atoms. The van der Waals surface area contributed by atoms with Crippen molar-refractivity contribution in [3.05, 3.63) is 0 Å². The van der Waals surface area contributed by atoms with Gasteiger partial charge < -0.3 is 0 Å². The molecule has 88 valence electrons. The lowest BCUT2D eigenvalue weighted by atomic mass is 9.36. The van der Waals surface area contributed by atoms with E-state index in [0.717, 1.165) is 0 Å². The Bertz CT molecular complexity index is 217. The van der Waals surface area contributed by atoms with Gasteiger partial charge in [0.05, 0.1) is 0 Å². The van der Waals surface area contributed by atoms with Crippen molar-refractivity contribution < 1.29 is 0 Å². The van der Waals surface area contributed by atoms with Crippen LogP contribution in [-0.2, 0) is 0 Å². The van der Waals surface area contributed by atoms with Gasteiger partial charge >= 0.3 is 0 Å². The Balaban J connectivity index is 2.80. The molecule has 0 nitrogen and oxygen atoms in total. The lowest BCUT2D eigenvalue weighted by molar-refractivity contribution is 0.246. The fraction of sp³-hybridized carbons (Fsp3) is 1.00.